The number of hydrazone groups is 1. The molecule has 0 bridgehead atoms. The van der Waals surface area contributed by atoms with E-state index in [4.69, 9.17) is 33.0 Å². The van der Waals surface area contributed by atoms with Crippen LogP contribution in [0.1, 0.15) is 36.1 Å². The fourth-order valence-electron chi connectivity index (χ4n) is 4.22. The molecular formula is C23H17Cl2N3O3. The van der Waals surface area contributed by atoms with E-state index in [-0.39, 0.29) is 11.7 Å². The maximum atomic E-state index is 11.1. The molecular weight excluding hydrogens is 437 g/mol. The Labute approximate surface area is 188 Å². The molecule has 5 rings (SSSR count). The molecule has 0 fully saturated rings. The van der Waals surface area contributed by atoms with Crippen molar-refractivity contribution in [3.05, 3.63) is 104 Å². The van der Waals surface area contributed by atoms with Crippen LogP contribution in [-0.2, 0) is 5.72 Å². The topological polar surface area (TPSA) is 68.0 Å². The lowest BCUT2D eigenvalue weighted by molar-refractivity contribution is -0.384. The molecule has 8 heteroatoms. The lowest BCUT2D eigenvalue weighted by Gasteiger charge is -2.46. The monoisotopic (exact) mass is 453 g/mol. The molecule has 0 aromatic heterocycles. The fourth-order valence-corrected chi connectivity index (χ4v) is 4.76. The molecule has 0 aliphatic carbocycles. The van der Waals surface area contributed by atoms with Crippen molar-refractivity contribution in [2.24, 2.45) is 5.10 Å². The molecule has 0 N–H and O–H groups in total. The van der Waals surface area contributed by atoms with Crippen LogP contribution in [0.5, 0.6) is 5.75 Å². The van der Waals surface area contributed by atoms with E-state index in [1.54, 1.807) is 18.2 Å². The number of nitro benzene ring substituents is 1. The van der Waals surface area contributed by atoms with Gasteiger partial charge in [0.15, 0.2) is 0 Å². The molecule has 0 radical (unpaired) electrons. The summed E-state index contributed by atoms with van der Waals surface area (Å²) in [5.74, 6) is 0.553. The zero-order valence-electron chi connectivity index (χ0n) is 16.5. The Morgan fingerprint density at radius 3 is 2.52 bits per heavy atom. The van der Waals surface area contributed by atoms with Crippen molar-refractivity contribution in [1.82, 2.24) is 5.01 Å². The Hall–Kier alpha value is -3.09. The molecule has 6 nitrogen and oxygen atoms in total. The number of fused-ring (bicyclic) bond motifs is 3. The van der Waals surface area contributed by atoms with Crippen molar-refractivity contribution in [3.63, 3.8) is 0 Å². The van der Waals surface area contributed by atoms with E-state index in [0.717, 1.165) is 22.4 Å². The highest BCUT2D eigenvalue weighted by Gasteiger charge is 2.49. The lowest BCUT2D eigenvalue weighted by atomic mass is 9.92. The van der Waals surface area contributed by atoms with Crippen molar-refractivity contribution in [1.29, 1.82) is 0 Å². The minimum atomic E-state index is -1.01. The molecule has 3 aromatic rings. The Balaban J connectivity index is 1.67. The number of nitrogens with zero attached hydrogens (tertiary/aromatic N) is 3. The Bertz CT molecular complexity index is 1210. The van der Waals surface area contributed by atoms with E-state index >= 15 is 0 Å². The predicted molar refractivity (Wildman–Crippen MR) is 120 cm³/mol. The minimum Gasteiger partial charge on any atom is -0.461 e. The van der Waals surface area contributed by atoms with Crippen molar-refractivity contribution < 1.29 is 9.66 Å². The summed E-state index contributed by atoms with van der Waals surface area (Å²) in [6.07, 6.45) is 0.652. The molecule has 0 spiro atoms. The highest BCUT2D eigenvalue weighted by atomic mass is 35.5. The minimum absolute atomic E-state index is 0.0137. The summed E-state index contributed by atoms with van der Waals surface area (Å²) in [7, 11) is 0. The molecule has 0 amide bonds. The average molecular weight is 454 g/mol. The average Bonchev–Trinajstić information content (AvgIpc) is 3.22. The van der Waals surface area contributed by atoms with Gasteiger partial charge >= 0.3 is 0 Å². The van der Waals surface area contributed by atoms with Crippen LogP contribution in [0.4, 0.5) is 5.69 Å². The number of benzene rings is 3. The third-order valence-corrected chi connectivity index (χ3v) is 6.26. The predicted octanol–water partition coefficient (Wildman–Crippen LogP) is 6.32. The second kappa shape index (κ2) is 7.25. The van der Waals surface area contributed by atoms with Gasteiger partial charge in [-0.3, -0.25) is 10.1 Å². The number of rotatable bonds is 3. The number of hydrogen-bond donors (Lipinski definition) is 0. The normalized spacial score (nSPS) is 21.7. The first-order chi connectivity index (χ1) is 14.9. The number of ether oxygens (including phenoxy) is 1. The van der Waals surface area contributed by atoms with Crippen LogP contribution in [0.15, 0.2) is 71.8 Å². The lowest BCUT2D eigenvalue weighted by Crippen LogP contribution is -2.48. The summed E-state index contributed by atoms with van der Waals surface area (Å²) in [4.78, 5) is 10.7. The van der Waals surface area contributed by atoms with Gasteiger partial charge in [0, 0.05) is 41.6 Å². The highest BCUT2D eigenvalue weighted by Crippen LogP contribution is 2.53. The van der Waals surface area contributed by atoms with Crippen molar-refractivity contribution >= 4 is 34.6 Å². The number of halogens is 2. The smallest absolute Gasteiger partial charge is 0.269 e. The second-order valence-corrected chi connectivity index (χ2v) is 8.52. The molecule has 3 aromatic carbocycles. The van der Waals surface area contributed by atoms with Crippen LogP contribution in [0.25, 0.3) is 0 Å². The van der Waals surface area contributed by atoms with Crippen molar-refractivity contribution in [3.8, 4) is 5.75 Å². The van der Waals surface area contributed by atoms with E-state index in [0.29, 0.717) is 22.2 Å². The largest absolute Gasteiger partial charge is 0.461 e. The van der Waals surface area contributed by atoms with Gasteiger partial charge < -0.3 is 4.74 Å². The molecule has 2 atom stereocenters. The molecule has 2 heterocycles. The zero-order valence-corrected chi connectivity index (χ0v) is 18.0. The van der Waals surface area contributed by atoms with Gasteiger partial charge in [-0.2, -0.15) is 5.10 Å². The van der Waals surface area contributed by atoms with E-state index in [1.807, 2.05) is 48.3 Å². The van der Waals surface area contributed by atoms with Crippen LogP contribution in [0.2, 0.25) is 10.0 Å². The van der Waals surface area contributed by atoms with E-state index in [2.05, 4.69) is 0 Å². The highest BCUT2D eigenvalue weighted by molar-refractivity contribution is 6.35. The van der Waals surface area contributed by atoms with E-state index in [1.165, 1.54) is 12.1 Å². The molecule has 0 saturated carbocycles. The van der Waals surface area contributed by atoms with Gasteiger partial charge in [0.05, 0.1) is 21.7 Å². The molecule has 2 aliphatic rings. The molecule has 31 heavy (non-hydrogen) atoms. The SMILES string of the molecule is C[C@@]1(c2ccc([N+](=O)[O-])cc2)Oc2c(Cl)cc(Cl)cc2[C@@H]2CC(c3ccccc3)=NN21. The van der Waals surface area contributed by atoms with E-state index in [9.17, 15) is 10.1 Å². The summed E-state index contributed by atoms with van der Waals surface area (Å²) in [6.45, 7) is 1.90. The van der Waals surface area contributed by atoms with Gasteiger partial charge in [-0.15, -0.1) is 0 Å². The first-order valence-corrected chi connectivity index (χ1v) is 10.5. The third-order valence-electron chi connectivity index (χ3n) is 5.77. The first kappa shape index (κ1) is 19.8. The summed E-state index contributed by atoms with van der Waals surface area (Å²) in [5.41, 5.74) is 2.55. The fraction of sp³-hybridized carbons (Fsp3) is 0.174. The Morgan fingerprint density at radius 2 is 1.84 bits per heavy atom. The van der Waals surface area contributed by atoms with Gasteiger partial charge in [-0.25, -0.2) is 5.01 Å². The van der Waals surface area contributed by atoms with Gasteiger partial charge in [0.25, 0.3) is 5.69 Å². The summed E-state index contributed by atoms with van der Waals surface area (Å²) < 4.78 is 6.45. The first-order valence-electron chi connectivity index (χ1n) is 9.72. The molecule has 2 aliphatic heterocycles. The maximum absolute atomic E-state index is 11.1. The van der Waals surface area contributed by atoms with Crippen molar-refractivity contribution in [2.75, 3.05) is 0 Å². The van der Waals surface area contributed by atoms with Crippen LogP contribution in [0.3, 0.4) is 0 Å². The number of non-ortho nitro benzene ring substituents is 1. The van der Waals surface area contributed by atoms with Crippen LogP contribution in [-0.4, -0.2) is 15.6 Å². The molecule has 0 unspecified atom stereocenters. The van der Waals surface area contributed by atoms with Gasteiger partial charge in [0.2, 0.25) is 5.72 Å². The van der Waals surface area contributed by atoms with Crippen LogP contribution >= 0.6 is 23.2 Å². The van der Waals surface area contributed by atoms with E-state index < -0.39 is 10.6 Å². The van der Waals surface area contributed by atoms with Crippen molar-refractivity contribution in [2.45, 2.75) is 25.1 Å². The molecule has 156 valence electrons. The Morgan fingerprint density at radius 1 is 1.13 bits per heavy atom. The Kier molecular flexibility index (Phi) is 4.64. The number of nitro groups is 1. The molecule has 0 saturated heterocycles. The summed E-state index contributed by atoms with van der Waals surface area (Å²) in [6, 6.07) is 19.7. The summed E-state index contributed by atoms with van der Waals surface area (Å²) in [5, 5.41) is 18.9. The standard InChI is InChI=1S/C23H17Cl2N3O3/c1-23(15-7-9-17(10-8-15)28(29)30)27-21(13-20(26-27)14-5-3-2-4-6-14)18-11-16(24)12-19(25)22(18)31-23/h2-12,21H,13H2,1H3/t21-,23-/m0/s1. The zero-order chi connectivity index (χ0) is 21.8. The maximum Gasteiger partial charge on any atom is 0.269 e. The van der Waals surface area contributed by atoms with Gasteiger partial charge in [-0.05, 0) is 29.8 Å². The van der Waals surface area contributed by atoms with Crippen LogP contribution < -0.4 is 4.74 Å². The number of hydrogen-bond acceptors (Lipinski definition) is 5. The van der Waals surface area contributed by atoms with Crippen LogP contribution in [0, 0.1) is 10.1 Å². The second-order valence-electron chi connectivity index (χ2n) is 7.67. The summed E-state index contributed by atoms with van der Waals surface area (Å²) >= 11 is 12.8. The van der Waals surface area contributed by atoms with Gasteiger partial charge in [0.1, 0.15) is 5.75 Å². The third kappa shape index (κ3) is 3.23. The quantitative estimate of drug-likeness (QED) is 0.343. The van der Waals surface area contributed by atoms with Gasteiger partial charge in [-0.1, -0.05) is 53.5 Å².